The van der Waals surface area contributed by atoms with E-state index in [1.807, 2.05) is 12.1 Å². The molecule has 3 N–H and O–H groups in total. The van der Waals surface area contributed by atoms with Crippen LogP contribution in [0.1, 0.15) is 31.9 Å². The molecule has 0 amide bonds. The predicted octanol–water partition coefficient (Wildman–Crippen LogP) is 1.99. The van der Waals surface area contributed by atoms with Crippen LogP contribution in [0.15, 0.2) is 18.2 Å². The summed E-state index contributed by atoms with van der Waals surface area (Å²) in [5, 5.41) is 7.42. The number of rotatable bonds is 5. The molecule has 1 saturated carbocycles. The van der Waals surface area contributed by atoms with Gasteiger partial charge in [-0.2, -0.15) is 0 Å². The van der Waals surface area contributed by atoms with Crippen molar-refractivity contribution in [2.75, 3.05) is 18.0 Å². The molecular formula is C13H20N4. The van der Waals surface area contributed by atoms with Crippen LogP contribution in [-0.4, -0.2) is 23.9 Å². The van der Waals surface area contributed by atoms with Gasteiger partial charge in [0.15, 0.2) is 0 Å². The zero-order valence-electron chi connectivity index (χ0n) is 10.3. The Kier molecular flexibility index (Phi) is 3.61. The van der Waals surface area contributed by atoms with Gasteiger partial charge in [-0.25, -0.2) is 4.98 Å². The zero-order chi connectivity index (χ0) is 12.3. The van der Waals surface area contributed by atoms with Gasteiger partial charge in [0, 0.05) is 13.1 Å². The standard InChI is InChI=1S/C13H20N4/c1-2-17(9-10-5-3-6-10)12-8-4-7-11(16-12)13(14)15/h4,7-8,10H,2-3,5-6,9H2,1H3,(H3,14,15). The van der Waals surface area contributed by atoms with Gasteiger partial charge in [0.05, 0.1) is 0 Å². The molecule has 0 spiro atoms. The summed E-state index contributed by atoms with van der Waals surface area (Å²) in [7, 11) is 0. The van der Waals surface area contributed by atoms with E-state index in [0.717, 1.165) is 24.8 Å². The molecule has 1 aromatic rings. The first-order valence-corrected chi connectivity index (χ1v) is 6.27. The maximum Gasteiger partial charge on any atom is 0.141 e. The zero-order valence-corrected chi connectivity index (χ0v) is 10.3. The summed E-state index contributed by atoms with van der Waals surface area (Å²) in [5.41, 5.74) is 6.03. The summed E-state index contributed by atoms with van der Waals surface area (Å²) < 4.78 is 0. The Balaban J connectivity index is 2.11. The Hall–Kier alpha value is -1.58. The summed E-state index contributed by atoms with van der Waals surface area (Å²) in [4.78, 5) is 6.71. The molecule has 0 aliphatic heterocycles. The molecule has 0 radical (unpaired) electrons. The van der Waals surface area contributed by atoms with E-state index in [-0.39, 0.29) is 5.84 Å². The van der Waals surface area contributed by atoms with E-state index < -0.39 is 0 Å². The van der Waals surface area contributed by atoms with Gasteiger partial charge in [-0.3, -0.25) is 5.41 Å². The van der Waals surface area contributed by atoms with Crippen LogP contribution in [0.3, 0.4) is 0 Å². The van der Waals surface area contributed by atoms with Crippen LogP contribution in [0.4, 0.5) is 5.82 Å². The molecule has 0 saturated heterocycles. The van der Waals surface area contributed by atoms with Gasteiger partial charge in [0.1, 0.15) is 17.3 Å². The lowest BCUT2D eigenvalue weighted by Crippen LogP contribution is -2.33. The van der Waals surface area contributed by atoms with Gasteiger partial charge in [-0.1, -0.05) is 12.5 Å². The molecule has 17 heavy (non-hydrogen) atoms. The SMILES string of the molecule is CCN(CC1CCC1)c1cccc(C(=N)N)n1. The molecule has 1 aliphatic carbocycles. The van der Waals surface area contributed by atoms with Crippen molar-refractivity contribution in [3.8, 4) is 0 Å². The molecule has 0 unspecified atom stereocenters. The van der Waals surface area contributed by atoms with E-state index >= 15 is 0 Å². The minimum atomic E-state index is 0.0338. The first-order chi connectivity index (χ1) is 8.20. The molecular weight excluding hydrogens is 212 g/mol. The predicted molar refractivity (Wildman–Crippen MR) is 70.5 cm³/mol. The molecule has 2 rings (SSSR count). The highest BCUT2D eigenvalue weighted by Crippen LogP contribution is 2.28. The normalized spacial score (nSPS) is 15.4. The van der Waals surface area contributed by atoms with Crippen LogP contribution in [-0.2, 0) is 0 Å². The van der Waals surface area contributed by atoms with E-state index in [1.165, 1.54) is 19.3 Å². The minimum absolute atomic E-state index is 0.0338. The molecule has 0 atom stereocenters. The van der Waals surface area contributed by atoms with E-state index in [4.69, 9.17) is 11.1 Å². The number of aromatic nitrogens is 1. The summed E-state index contributed by atoms with van der Waals surface area (Å²) in [6, 6.07) is 5.69. The van der Waals surface area contributed by atoms with E-state index in [1.54, 1.807) is 6.07 Å². The van der Waals surface area contributed by atoms with Gasteiger partial charge in [0.2, 0.25) is 0 Å². The largest absolute Gasteiger partial charge is 0.382 e. The molecule has 1 fully saturated rings. The lowest BCUT2D eigenvalue weighted by Gasteiger charge is -2.32. The molecule has 4 heteroatoms. The number of anilines is 1. The van der Waals surface area contributed by atoms with Crippen LogP contribution < -0.4 is 10.6 Å². The monoisotopic (exact) mass is 232 g/mol. The van der Waals surface area contributed by atoms with E-state index in [2.05, 4.69) is 16.8 Å². The average Bonchev–Trinajstić information content (AvgIpc) is 2.28. The van der Waals surface area contributed by atoms with E-state index in [0.29, 0.717) is 5.69 Å². The molecule has 4 nitrogen and oxygen atoms in total. The van der Waals surface area contributed by atoms with Gasteiger partial charge in [0.25, 0.3) is 0 Å². The van der Waals surface area contributed by atoms with Crippen LogP contribution in [0, 0.1) is 11.3 Å². The Bertz CT molecular complexity index is 398. The topological polar surface area (TPSA) is 66.0 Å². The van der Waals surface area contributed by atoms with Crippen LogP contribution in [0.5, 0.6) is 0 Å². The Labute approximate surface area is 102 Å². The molecule has 0 aromatic carbocycles. The third kappa shape index (κ3) is 2.75. The maximum atomic E-state index is 7.42. The van der Waals surface area contributed by atoms with E-state index in [9.17, 15) is 0 Å². The minimum Gasteiger partial charge on any atom is -0.382 e. The van der Waals surface area contributed by atoms with Crippen molar-refractivity contribution in [3.05, 3.63) is 23.9 Å². The Morgan fingerprint density at radius 3 is 2.82 bits per heavy atom. The summed E-state index contributed by atoms with van der Waals surface area (Å²) in [5.74, 6) is 1.79. The molecule has 92 valence electrons. The van der Waals surface area contributed by atoms with Crippen molar-refractivity contribution < 1.29 is 0 Å². The Morgan fingerprint density at radius 2 is 2.29 bits per heavy atom. The summed E-state index contributed by atoms with van der Waals surface area (Å²) in [6.45, 7) is 4.16. The number of hydrogen-bond donors (Lipinski definition) is 2. The fourth-order valence-corrected chi connectivity index (χ4v) is 2.12. The van der Waals surface area contributed by atoms with Crippen molar-refractivity contribution in [1.82, 2.24) is 4.98 Å². The number of nitrogens with one attached hydrogen (secondary N) is 1. The molecule has 1 heterocycles. The smallest absolute Gasteiger partial charge is 0.141 e. The third-order valence-electron chi connectivity index (χ3n) is 3.42. The quantitative estimate of drug-likeness (QED) is 0.602. The third-order valence-corrected chi connectivity index (χ3v) is 3.42. The number of pyridine rings is 1. The van der Waals surface area contributed by atoms with Crippen molar-refractivity contribution in [2.24, 2.45) is 11.7 Å². The second kappa shape index (κ2) is 5.17. The van der Waals surface area contributed by atoms with Crippen LogP contribution in [0.25, 0.3) is 0 Å². The molecule has 1 aromatic heterocycles. The van der Waals surface area contributed by atoms with Gasteiger partial charge < -0.3 is 10.6 Å². The van der Waals surface area contributed by atoms with Gasteiger partial charge in [-0.15, -0.1) is 0 Å². The highest BCUT2D eigenvalue weighted by Gasteiger charge is 2.20. The highest BCUT2D eigenvalue weighted by molar-refractivity contribution is 5.93. The first kappa shape index (κ1) is 11.9. The van der Waals surface area contributed by atoms with Crippen molar-refractivity contribution in [1.29, 1.82) is 5.41 Å². The number of amidine groups is 1. The summed E-state index contributed by atoms with van der Waals surface area (Å²) in [6.07, 6.45) is 4.04. The lowest BCUT2D eigenvalue weighted by molar-refractivity contribution is 0.318. The number of hydrogen-bond acceptors (Lipinski definition) is 3. The fraction of sp³-hybridized carbons (Fsp3) is 0.538. The highest BCUT2D eigenvalue weighted by atomic mass is 15.2. The second-order valence-electron chi connectivity index (χ2n) is 4.63. The number of nitrogen functional groups attached to an aromatic ring is 1. The summed E-state index contributed by atoms with van der Waals surface area (Å²) >= 11 is 0. The van der Waals surface area contributed by atoms with Crippen molar-refractivity contribution >= 4 is 11.7 Å². The van der Waals surface area contributed by atoms with Gasteiger partial charge >= 0.3 is 0 Å². The molecule has 1 aliphatic rings. The van der Waals surface area contributed by atoms with Crippen LogP contribution >= 0.6 is 0 Å². The lowest BCUT2D eigenvalue weighted by atomic mass is 9.85. The number of nitrogens with two attached hydrogens (primary N) is 1. The molecule has 0 bridgehead atoms. The van der Waals surface area contributed by atoms with Gasteiger partial charge in [-0.05, 0) is 37.8 Å². The van der Waals surface area contributed by atoms with Crippen molar-refractivity contribution in [3.63, 3.8) is 0 Å². The second-order valence-corrected chi connectivity index (χ2v) is 4.63. The first-order valence-electron chi connectivity index (χ1n) is 6.27. The fourth-order valence-electron chi connectivity index (χ4n) is 2.12. The van der Waals surface area contributed by atoms with Crippen LogP contribution in [0.2, 0.25) is 0 Å². The maximum absolute atomic E-state index is 7.42. The Morgan fingerprint density at radius 1 is 1.53 bits per heavy atom. The number of nitrogens with zero attached hydrogens (tertiary/aromatic N) is 2. The van der Waals surface area contributed by atoms with Crippen molar-refractivity contribution in [2.45, 2.75) is 26.2 Å². The average molecular weight is 232 g/mol.